The Hall–Kier alpha value is -2.58. The topological polar surface area (TPSA) is 105 Å². The van der Waals surface area contributed by atoms with Crippen LogP contribution in [0.15, 0.2) is 97.2 Å². The lowest BCUT2D eigenvalue weighted by Crippen LogP contribution is -2.46. The normalized spacial score (nSPS) is 14.8. The number of quaternary nitrogens is 1. The van der Waals surface area contributed by atoms with Crippen LogP contribution in [0.2, 0.25) is 0 Å². The number of nitrogens with one attached hydrogen (secondary N) is 1. The minimum Gasteiger partial charge on any atom is -0.391 e. The summed E-state index contributed by atoms with van der Waals surface area (Å²) in [6.07, 6.45) is 69.7. The van der Waals surface area contributed by atoms with Gasteiger partial charge in [0.05, 0.1) is 39.9 Å². The molecule has 0 aromatic carbocycles. The van der Waals surface area contributed by atoms with Gasteiger partial charge in [-0.25, -0.2) is 4.57 Å². The van der Waals surface area contributed by atoms with E-state index in [1.807, 2.05) is 21.1 Å². The minimum atomic E-state index is -4.30. The maximum Gasteiger partial charge on any atom is 0.472 e. The highest BCUT2D eigenvalue weighted by atomic mass is 31.2. The predicted octanol–water partition coefficient (Wildman–Crippen LogP) is 16.3. The second kappa shape index (κ2) is 48.4. The molecule has 0 rings (SSSR count). The number of phosphoric acid groups is 1. The third-order valence-corrected chi connectivity index (χ3v) is 12.6. The maximum atomic E-state index is 12.8. The highest BCUT2D eigenvalue weighted by molar-refractivity contribution is 7.47. The number of hydrogen-bond acceptors (Lipinski definition) is 5. The molecule has 3 unspecified atom stereocenters. The van der Waals surface area contributed by atoms with Crippen molar-refractivity contribution >= 4 is 13.7 Å². The summed E-state index contributed by atoms with van der Waals surface area (Å²) in [5, 5.41) is 13.7. The molecule has 0 saturated heterocycles. The molecule has 3 N–H and O–H groups in total. The fraction of sp³-hybridized carbons (Fsp3) is 0.707. The summed E-state index contributed by atoms with van der Waals surface area (Å²) in [6, 6.07) is -0.759. The van der Waals surface area contributed by atoms with Crippen molar-refractivity contribution in [3.8, 4) is 0 Å². The first kappa shape index (κ1) is 64.4. The van der Waals surface area contributed by atoms with Gasteiger partial charge in [-0.15, -0.1) is 0 Å². The van der Waals surface area contributed by atoms with Gasteiger partial charge in [-0.1, -0.05) is 227 Å². The van der Waals surface area contributed by atoms with Crippen LogP contribution in [-0.4, -0.2) is 73.4 Å². The van der Waals surface area contributed by atoms with E-state index in [1.54, 1.807) is 0 Å². The van der Waals surface area contributed by atoms with Crippen molar-refractivity contribution in [3.05, 3.63) is 97.2 Å². The van der Waals surface area contributed by atoms with E-state index in [1.165, 1.54) is 89.9 Å². The van der Waals surface area contributed by atoms with Gasteiger partial charge in [0.1, 0.15) is 13.2 Å². The number of phosphoric ester groups is 1. The maximum absolute atomic E-state index is 12.8. The predicted molar refractivity (Wildman–Crippen MR) is 290 cm³/mol. The zero-order valence-electron chi connectivity index (χ0n) is 43.9. The van der Waals surface area contributed by atoms with Crippen LogP contribution in [-0.2, 0) is 18.4 Å². The lowest BCUT2D eigenvalue weighted by Gasteiger charge is -2.26. The number of carbonyl (C=O) groups excluding carboxylic acids is 1. The molecule has 0 aromatic heterocycles. The van der Waals surface area contributed by atoms with Crippen LogP contribution >= 0.6 is 7.82 Å². The highest BCUT2D eigenvalue weighted by Crippen LogP contribution is 2.43. The number of rotatable bonds is 48. The average Bonchev–Trinajstić information content (AvgIpc) is 3.29. The molecule has 0 saturated carbocycles. The third-order valence-electron chi connectivity index (χ3n) is 11.6. The van der Waals surface area contributed by atoms with Gasteiger partial charge in [-0.05, 0) is 77.0 Å². The summed E-state index contributed by atoms with van der Waals surface area (Å²) in [5.41, 5.74) is 0. The molecule has 0 aliphatic carbocycles. The molecule has 386 valence electrons. The van der Waals surface area contributed by atoms with Crippen LogP contribution in [0.3, 0.4) is 0 Å². The molecule has 9 heteroatoms. The first-order chi connectivity index (χ1) is 32.5. The van der Waals surface area contributed by atoms with Gasteiger partial charge in [0.25, 0.3) is 0 Å². The van der Waals surface area contributed by atoms with E-state index in [0.29, 0.717) is 23.9 Å². The monoisotopic (exact) mass is 956 g/mol. The van der Waals surface area contributed by atoms with Crippen LogP contribution < -0.4 is 5.32 Å². The first-order valence-electron chi connectivity index (χ1n) is 27.1. The van der Waals surface area contributed by atoms with E-state index in [0.717, 1.165) is 96.3 Å². The zero-order valence-corrected chi connectivity index (χ0v) is 44.8. The summed E-state index contributed by atoms with van der Waals surface area (Å²) in [6.45, 7) is 4.64. The molecule has 0 aromatic rings. The Kier molecular flexibility index (Phi) is 46.6. The molecule has 0 fully saturated rings. The van der Waals surface area contributed by atoms with E-state index >= 15 is 0 Å². The molecule has 0 aliphatic heterocycles. The number of unbranched alkanes of at least 4 members (excludes halogenated alkanes) is 19. The van der Waals surface area contributed by atoms with E-state index in [2.05, 4.69) is 116 Å². The second-order valence-corrected chi connectivity index (χ2v) is 20.7. The van der Waals surface area contributed by atoms with E-state index < -0.39 is 20.0 Å². The Morgan fingerprint density at radius 1 is 0.522 bits per heavy atom. The van der Waals surface area contributed by atoms with E-state index in [4.69, 9.17) is 9.05 Å². The van der Waals surface area contributed by atoms with Crippen molar-refractivity contribution in [2.45, 2.75) is 225 Å². The molecule has 1 amide bonds. The highest BCUT2D eigenvalue weighted by Gasteiger charge is 2.28. The summed E-state index contributed by atoms with van der Waals surface area (Å²) < 4.78 is 23.4. The van der Waals surface area contributed by atoms with Crippen molar-refractivity contribution in [1.82, 2.24) is 5.32 Å². The lowest BCUT2D eigenvalue weighted by molar-refractivity contribution is -0.870. The zero-order chi connectivity index (χ0) is 49.2. The van der Waals surface area contributed by atoms with Crippen molar-refractivity contribution in [1.29, 1.82) is 0 Å². The van der Waals surface area contributed by atoms with Crippen LogP contribution in [0.1, 0.15) is 213 Å². The summed E-state index contributed by atoms with van der Waals surface area (Å²) >= 11 is 0. The van der Waals surface area contributed by atoms with Gasteiger partial charge in [-0.2, -0.15) is 0 Å². The standard InChI is InChI=1S/C58H103N2O6P/c1-6-8-10-12-13-14-15-16-17-18-19-20-21-22-23-24-25-26-27-28-29-30-31-32-33-34-35-36-37-38-39-40-41-42-43-44-45-46-47-48-50-52-58(62)59-56(57(61)51-49-11-9-7-2)55-66-67(63,64)65-54-53-60(3,4)5/h8,10,13-14,16-17,19-20,22-23,25-26,28-29,31-32,56-57,61H,6-7,9,11-12,15,18,21,24,27,30,33-55H2,1-5H3,(H-,59,62,63,64)/p+1/b10-8-,14-13-,17-16-,20-19-,23-22-,26-25-,29-28-,32-31-. The van der Waals surface area contributed by atoms with Crippen LogP contribution in [0.5, 0.6) is 0 Å². The fourth-order valence-electron chi connectivity index (χ4n) is 7.36. The molecule has 3 atom stereocenters. The molecule has 67 heavy (non-hydrogen) atoms. The Balaban J connectivity index is 3.76. The number of nitrogens with zero attached hydrogens (tertiary/aromatic N) is 1. The first-order valence-corrected chi connectivity index (χ1v) is 28.6. The van der Waals surface area contributed by atoms with Gasteiger partial charge in [0.2, 0.25) is 5.91 Å². The Morgan fingerprint density at radius 3 is 1.30 bits per heavy atom. The van der Waals surface area contributed by atoms with Crippen molar-refractivity contribution < 1.29 is 32.9 Å². The quantitative estimate of drug-likeness (QED) is 0.0243. The molecule has 0 bridgehead atoms. The van der Waals surface area contributed by atoms with Crippen LogP contribution in [0, 0.1) is 0 Å². The number of likely N-dealkylation sites (N-methyl/N-ethyl adjacent to an activating group) is 1. The van der Waals surface area contributed by atoms with Crippen molar-refractivity contribution in [2.75, 3.05) is 40.9 Å². The number of aliphatic hydroxyl groups excluding tert-OH is 1. The molecular formula is C58H104N2O6P+. The molecular weight excluding hydrogens is 852 g/mol. The summed E-state index contributed by atoms with van der Waals surface area (Å²) in [7, 11) is 1.60. The average molecular weight is 956 g/mol. The fourth-order valence-corrected chi connectivity index (χ4v) is 8.09. The molecule has 0 aliphatic rings. The van der Waals surface area contributed by atoms with Gasteiger partial charge in [0, 0.05) is 6.42 Å². The van der Waals surface area contributed by atoms with Crippen molar-refractivity contribution in [3.63, 3.8) is 0 Å². The van der Waals surface area contributed by atoms with E-state index in [-0.39, 0.29) is 19.1 Å². The number of aliphatic hydroxyl groups is 1. The molecule has 0 heterocycles. The molecule has 8 nitrogen and oxygen atoms in total. The van der Waals surface area contributed by atoms with Gasteiger partial charge < -0.3 is 19.8 Å². The Morgan fingerprint density at radius 2 is 0.896 bits per heavy atom. The number of allylic oxidation sites excluding steroid dienone is 16. The van der Waals surface area contributed by atoms with Crippen LogP contribution in [0.25, 0.3) is 0 Å². The summed E-state index contributed by atoms with van der Waals surface area (Å²) in [5.74, 6) is -0.156. The van der Waals surface area contributed by atoms with Gasteiger partial charge in [0.15, 0.2) is 0 Å². The SMILES string of the molecule is CC/C=C\C/C=C\C/C=C\C/C=C\C/C=C\C/C=C\C/C=C\C/C=C\CCCCCCCCCCCCCCCCCCC(=O)NC(COP(=O)(O)OCC[N+](C)(C)C)C(O)CCCCCC. The lowest BCUT2D eigenvalue weighted by atomic mass is 10.0. The molecule has 0 spiro atoms. The van der Waals surface area contributed by atoms with Gasteiger partial charge in [-0.3, -0.25) is 13.8 Å². The smallest absolute Gasteiger partial charge is 0.391 e. The summed E-state index contributed by atoms with van der Waals surface area (Å²) in [4.78, 5) is 23.0. The number of hydrogen-bond donors (Lipinski definition) is 3. The third kappa shape index (κ3) is 51.1. The van der Waals surface area contributed by atoms with E-state index in [9.17, 15) is 19.4 Å². The van der Waals surface area contributed by atoms with Crippen LogP contribution in [0.4, 0.5) is 0 Å². The largest absolute Gasteiger partial charge is 0.472 e. The minimum absolute atomic E-state index is 0.0709. The number of amides is 1. The second-order valence-electron chi connectivity index (χ2n) is 19.2. The number of carbonyl (C=O) groups is 1. The Bertz CT molecular complexity index is 1410. The Labute approximate surface area is 413 Å². The van der Waals surface area contributed by atoms with Crippen molar-refractivity contribution in [2.24, 2.45) is 0 Å². The molecule has 0 radical (unpaired) electrons. The van der Waals surface area contributed by atoms with Gasteiger partial charge >= 0.3 is 7.82 Å².